The SMILES string of the molecule is CCNC(=O)c1ccc(NC=O)c(OC)c1. The van der Waals surface area contributed by atoms with Crippen LogP contribution in [0.3, 0.4) is 0 Å². The first kappa shape index (κ1) is 12.0. The van der Waals surface area contributed by atoms with Gasteiger partial charge in [-0.1, -0.05) is 0 Å². The second-order valence-corrected chi connectivity index (χ2v) is 3.04. The number of anilines is 1. The standard InChI is InChI=1S/C11H14N2O3/c1-3-12-11(15)8-4-5-9(13-7-14)10(6-8)16-2/h4-7H,3H2,1-2H3,(H,12,15)(H,13,14). The average Bonchev–Trinajstić information content (AvgIpc) is 2.30. The fourth-order valence-electron chi connectivity index (χ4n) is 1.28. The summed E-state index contributed by atoms with van der Waals surface area (Å²) in [5, 5.41) is 5.17. The van der Waals surface area contributed by atoms with Crippen LogP contribution in [-0.2, 0) is 4.79 Å². The van der Waals surface area contributed by atoms with E-state index in [-0.39, 0.29) is 5.91 Å². The number of ether oxygens (including phenoxy) is 1. The van der Waals surface area contributed by atoms with E-state index in [2.05, 4.69) is 10.6 Å². The van der Waals surface area contributed by atoms with Crippen LogP contribution in [0.25, 0.3) is 0 Å². The number of carbonyl (C=O) groups excluding carboxylic acids is 2. The number of hydrogen-bond donors (Lipinski definition) is 2. The molecule has 1 aromatic carbocycles. The molecule has 0 aliphatic carbocycles. The van der Waals surface area contributed by atoms with Gasteiger partial charge in [-0.3, -0.25) is 9.59 Å². The molecule has 0 aliphatic rings. The van der Waals surface area contributed by atoms with Crippen LogP contribution in [0.5, 0.6) is 5.75 Å². The van der Waals surface area contributed by atoms with Gasteiger partial charge in [-0.05, 0) is 25.1 Å². The number of rotatable bonds is 5. The van der Waals surface area contributed by atoms with Gasteiger partial charge in [0.15, 0.2) is 0 Å². The Morgan fingerprint density at radius 2 is 2.25 bits per heavy atom. The van der Waals surface area contributed by atoms with Gasteiger partial charge < -0.3 is 15.4 Å². The molecule has 0 aliphatic heterocycles. The Morgan fingerprint density at radius 1 is 1.50 bits per heavy atom. The Kier molecular flexibility index (Phi) is 4.32. The third kappa shape index (κ3) is 2.73. The molecule has 0 fully saturated rings. The van der Waals surface area contributed by atoms with E-state index in [4.69, 9.17) is 4.74 Å². The molecule has 2 N–H and O–H groups in total. The highest BCUT2D eigenvalue weighted by Crippen LogP contribution is 2.24. The third-order valence-electron chi connectivity index (χ3n) is 2.02. The molecule has 5 nitrogen and oxygen atoms in total. The minimum Gasteiger partial charge on any atom is -0.495 e. The topological polar surface area (TPSA) is 67.4 Å². The first-order valence-corrected chi connectivity index (χ1v) is 4.89. The monoisotopic (exact) mass is 222 g/mol. The summed E-state index contributed by atoms with van der Waals surface area (Å²) in [5.41, 5.74) is 1.03. The minimum atomic E-state index is -0.168. The Labute approximate surface area is 93.8 Å². The van der Waals surface area contributed by atoms with E-state index in [0.717, 1.165) is 0 Å². The van der Waals surface area contributed by atoms with Crippen molar-refractivity contribution in [3.8, 4) is 5.75 Å². The van der Waals surface area contributed by atoms with E-state index in [1.54, 1.807) is 18.2 Å². The summed E-state index contributed by atoms with van der Waals surface area (Å²) >= 11 is 0. The van der Waals surface area contributed by atoms with Gasteiger partial charge in [0.25, 0.3) is 5.91 Å². The molecule has 0 radical (unpaired) electrons. The van der Waals surface area contributed by atoms with Crippen LogP contribution < -0.4 is 15.4 Å². The maximum absolute atomic E-state index is 11.5. The highest BCUT2D eigenvalue weighted by molar-refractivity contribution is 5.95. The molecule has 0 bridgehead atoms. The Hall–Kier alpha value is -2.04. The lowest BCUT2D eigenvalue weighted by Crippen LogP contribution is -2.22. The molecule has 1 aromatic rings. The van der Waals surface area contributed by atoms with Crippen molar-refractivity contribution >= 4 is 18.0 Å². The van der Waals surface area contributed by atoms with Crippen LogP contribution in [0.2, 0.25) is 0 Å². The van der Waals surface area contributed by atoms with Crippen molar-refractivity contribution in [1.82, 2.24) is 5.32 Å². The van der Waals surface area contributed by atoms with E-state index in [1.807, 2.05) is 6.92 Å². The summed E-state index contributed by atoms with van der Waals surface area (Å²) in [6.07, 6.45) is 0.559. The lowest BCUT2D eigenvalue weighted by atomic mass is 10.1. The predicted octanol–water partition coefficient (Wildman–Crippen LogP) is 1.01. The Balaban J connectivity index is 2.98. The van der Waals surface area contributed by atoms with Crippen LogP contribution in [0.1, 0.15) is 17.3 Å². The molecule has 2 amide bonds. The molecule has 0 heterocycles. The molecule has 86 valence electrons. The maximum Gasteiger partial charge on any atom is 0.251 e. The smallest absolute Gasteiger partial charge is 0.251 e. The molecular weight excluding hydrogens is 208 g/mol. The van der Waals surface area contributed by atoms with Gasteiger partial charge in [0.1, 0.15) is 5.75 Å². The molecule has 0 saturated carbocycles. The molecular formula is C11H14N2O3. The summed E-state index contributed by atoms with van der Waals surface area (Å²) in [5.74, 6) is 0.286. The van der Waals surface area contributed by atoms with Gasteiger partial charge >= 0.3 is 0 Å². The van der Waals surface area contributed by atoms with Crippen molar-refractivity contribution in [2.24, 2.45) is 0 Å². The van der Waals surface area contributed by atoms with Crippen molar-refractivity contribution in [3.05, 3.63) is 23.8 Å². The Morgan fingerprint density at radius 3 is 2.81 bits per heavy atom. The first-order chi connectivity index (χ1) is 7.72. The summed E-state index contributed by atoms with van der Waals surface area (Å²) in [7, 11) is 1.48. The van der Waals surface area contributed by atoms with Crippen LogP contribution in [0.15, 0.2) is 18.2 Å². The second-order valence-electron chi connectivity index (χ2n) is 3.04. The highest BCUT2D eigenvalue weighted by Gasteiger charge is 2.08. The molecule has 0 spiro atoms. The van der Waals surface area contributed by atoms with Gasteiger partial charge in [-0.25, -0.2) is 0 Å². The number of benzene rings is 1. The predicted molar refractivity (Wildman–Crippen MR) is 60.7 cm³/mol. The van der Waals surface area contributed by atoms with E-state index >= 15 is 0 Å². The van der Waals surface area contributed by atoms with Gasteiger partial charge in [0.05, 0.1) is 12.8 Å². The zero-order chi connectivity index (χ0) is 12.0. The van der Waals surface area contributed by atoms with Crippen molar-refractivity contribution in [1.29, 1.82) is 0 Å². The van der Waals surface area contributed by atoms with Crippen LogP contribution in [-0.4, -0.2) is 26.0 Å². The average molecular weight is 222 g/mol. The van der Waals surface area contributed by atoms with Gasteiger partial charge in [-0.15, -0.1) is 0 Å². The largest absolute Gasteiger partial charge is 0.495 e. The van der Waals surface area contributed by atoms with E-state index < -0.39 is 0 Å². The third-order valence-corrected chi connectivity index (χ3v) is 2.02. The summed E-state index contributed by atoms with van der Waals surface area (Å²) < 4.78 is 5.07. The van der Waals surface area contributed by atoms with Gasteiger partial charge in [0, 0.05) is 12.1 Å². The van der Waals surface area contributed by atoms with Crippen molar-refractivity contribution in [3.63, 3.8) is 0 Å². The molecule has 0 unspecified atom stereocenters. The fraction of sp³-hybridized carbons (Fsp3) is 0.273. The molecule has 0 aromatic heterocycles. The van der Waals surface area contributed by atoms with Gasteiger partial charge in [0.2, 0.25) is 6.41 Å². The minimum absolute atomic E-state index is 0.168. The number of nitrogens with one attached hydrogen (secondary N) is 2. The Bertz CT molecular complexity index is 391. The summed E-state index contributed by atoms with van der Waals surface area (Å²) in [6, 6.07) is 4.83. The summed E-state index contributed by atoms with van der Waals surface area (Å²) in [6.45, 7) is 2.41. The van der Waals surface area contributed by atoms with Crippen LogP contribution in [0.4, 0.5) is 5.69 Å². The quantitative estimate of drug-likeness (QED) is 0.731. The molecule has 16 heavy (non-hydrogen) atoms. The second kappa shape index (κ2) is 5.75. The van der Waals surface area contributed by atoms with Crippen LogP contribution in [0, 0.1) is 0 Å². The highest BCUT2D eigenvalue weighted by atomic mass is 16.5. The maximum atomic E-state index is 11.5. The number of hydrogen-bond acceptors (Lipinski definition) is 3. The zero-order valence-electron chi connectivity index (χ0n) is 9.24. The lowest BCUT2D eigenvalue weighted by Gasteiger charge is -2.09. The fourth-order valence-corrected chi connectivity index (χ4v) is 1.28. The molecule has 0 saturated heterocycles. The molecule has 5 heteroatoms. The first-order valence-electron chi connectivity index (χ1n) is 4.89. The van der Waals surface area contributed by atoms with Gasteiger partial charge in [-0.2, -0.15) is 0 Å². The van der Waals surface area contributed by atoms with E-state index in [1.165, 1.54) is 7.11 Å². The number of methoxy groups -OCH3 is 1. The van der Waals surface area contributed by atoms with E-state index in [9.17, 15) is 9.59 Å². The number of carbonyl (C=O) groups is 2. The van der Waals surface area contributed by atoms with Crippen molar-refractivity contribution < 1.29 is 14.3 Å². The molecule has 1 rings (SSSR count). The summed E-state index contributed by atoms with van der Waals surface area (Å²) in [4.78, 5) is 21.8. The van der Waals surface area contributed by atoms with Crippen LogP contribution >= 0.6 is 0 Å². The lowest BCUT2D eigenvalue weighted by molar-refractivity contribution is -0.105. The molecule has 0 atom stereocenters. The zero-order valence-corrected chi connectivity index (χ0v) is 9.24. The van der Waals surface area contributed by atoms with Crippen molar-refractivity contribution in [2.75, 3.05) is 19.0 Å². The van der Waals surface area contributed by atoms with E-state index in [0.29, 0.717) is 30.0 Å². The van der Waals surface area contributed by atoms with Crippen molar-refractivity contribution in [2.45, 2.75) is 6.92 Å². The normalized spacial score (nSPS) is 9.38. The number of amides is 2.